The van der Waals surface area contributed by atoms with E-state index in [1.807, 2.05) is 0 Å². The van der Waals surface area contributed by atoms with Crippen molar-refractivity contribution in [3.63, 3.8) is 0 Å². The van der Waals surface area contributed by atoms with Gasteiger partial charge in [0.05, 0.1) is 24.4 Å². The number of hydrogen-bond acceptors (Lipinski definition) is 32. The Hall–Kier alpha value is -6.04. The number of piperidine rings is 8. The zero-order valence-electron chi connectivity index (χ0n) is 93.6. The highest BCUT2D eigenvalue weighted by Gasteiger charge is 2.50. The molecular weight excluding hydrogens is 1730 g/mol. The maximum Gasteiger partial charge on any atom is 0.154 e. The van der Waals surface area contributed by atoms with Crippen LogP contribution in [0.4, 0.5) is 0 Å². The summed E-state index contributed by atoms with van der Waals surface area (Å²) in [7, 11) is 0. The van der Waals surface area contributed by atoms with Gasteiger partial charge in [-0.25, -0.2) is 41.1 Å². The van der Waals surface area contributed by atoms with Crippen LogP contribution in [-0.2, 0) is 19.4 Å². The fourth-order valence-electron chi connectivity index (χ4n) is 28.5. The maximum absolute atomic E-state index is 7.38. The molecular formula is C106H202N28O4. The molecule has 8 fully saturated rings. The van der Waals surface area contributed by atoms with Gasteiger partial charge in [-0.3, -0.25) is 0 Å². The largest absolute Gasteiger partial charge is 0.369 e. The Balaban J connectivity index is 0.970. The lowest BCUT2D eigenvalue weighted by atomic mass is 9.72. The molecule has 790 valence electrons. The van der Waals surface area contributed by atoms with E-state index >= 15 is 0 Å². The van der Waals surface area contributed by atoms with E-state index in [0.29, 0.717) is 62.9 Å². The average Bonchev–Trinajstić information content (AvgIpc) is 0.845. The van der Waals surface area contributed by atoms with Crippen LogP contribution in [0.2, 0.25) is 0 Å². The van der Waals surface area contributed by atoms with Crippen LogP contribution in [0.3, 0.4) is 0 Å². The van der Waals surface area contributed by atoms with E-state index in [2.05, 4.69) is 379 Å². The molecule has 138 heavy (non-hydrogen) atoms. The van der Waals surface area contributed by atoms with Gasteiger partial charge >= 0.3 is 0 Å². The highest BCUT2D eigenvalue weighted by molar-refractivity contribution is 5.95. The van der Waals surface area contributed by atoms with Crippen molar-refractivity contribution >= 4 is 23.3 Å². The van der Waals surface area contributed by atoms with Gasteiger partial charge in [0.1, 0.15) is 23.3 Å². The van der Waals surface area contributed by atoms with E-state index in [0.717, 1.165) is 201 Å². The van der Waals surface area contributed by atoms with E-state index < -0.39 is 0 Å². The lowest BCUT2D eigenvalue weighted by Gasteiger charge is -2.49. The van der Waals surface area contributed by atoms with Gasteiger partial charge in [-0.1, -0.05) is 74.5 Å². The summed E-state index contributed by atoms with van der Waals surface area (Å²) in [5.74, 6) is 7.70. The summed E-state index contributed by atoms with van der Waals surface area (Å²) < 4.78 is 0. The average molecular weight is 1930 g/mol. The molecule has 32 heteroatoms. The van der Waals surface area contributed by atoms with Crippen molar-refractivity contribution in [2.75, 3.05) is 39.3 Å². The van der Waals surface area contributed by atoms with Crippen molar-refractivity contribution in [2.45, 2.75) is 541 Å². The summed E-state index contributed by atoms with van der Waals surface area (Å²) in [5, 5.41) is 84.7. The summed E-state index contributed by atoms with van der Waals surface area (Å²) in [6.07, 6.45) is 30.7. The van der Waals surface area contributed by atoms with E-state index in [-0.39, 0.29) is 137 Å². The summed E-state index contributed by atoms with van der Waals surface area (Å²) in [4.78, 5) is 34.0. The molecule has 0 saturated carbocycles. The first-order valence-electron chi connectivity index (χ1n) is 54.1. The molecule has 0 aromatic carbocycles. The smallest absolute Gasteiger partial charge is 0.154 e. The second-order valence-electron chi connectivity index (χ2n) is 55.0. The minimum atomic E-state index is -0.212. The van der Waals surface area contributed by atoms with Crippen molar-refractivity contribution in [1.29, 1.82) is 0 Å². The Morgan fingerprint density at radius 2 is 0.449 bits per heavy atom. The van der Waals surface area contributed by atoms with Crippen LogP contribution in [0.1, 0.15) is 403 Å². The van der Waals surface area contributed by atoms with Crippen LogP contribution < -0.4 is 96.1 Å². The number of rotatable bonds is 37. The summed E-state index contributed by atoms with van der Waals surface area (Å²) in [6, 6.07) is 0.536. The molecule has 0 bridgehead atoms. The van der Waals surface area contributed by atoms with E-state index in [9.17, 15) is 0 Å². The predicted octanol–water partition coefficient (Wildman–Crippen LogP) is 14.9. The third kappa shape index (κ3) is 33.2. The van der Waals surface area contributed by atoms with Crippen LogP contribution in [0.5, 0.6) is 0 Å². The molecule has 4 unspecified atom stereocenters. The highest BCUT2D eigenvalue weighted by atomic mass is 16.8. The van der Waals surface area contributed by atoms with Crippen LogP contribution in [0.25, 0.3) is 0 Å². The second-order valence-corrected chi connectivity index (χ2v) is 55.0. The van der Waals surface area contributed by atoms with Crippen molar-refractivity contribution in [2.24, 2.45) is 44.1 Å². The lowest BCUT2D eigenvalue weighted by molar-refractivity contribution is -0.245. The van der Waals surface area contributed by atoms with Crippen molar-refractivity contribution in [3.05, 3.63) is 47.6 Å². The number of nitrogens with zero attached hydrogens (tertiary/aromatic N) is 10. The molecule has 0 aromatic heterocycles. The lowest BCUT2D eigenvalue weighted by Crippen LogP contribution is -2.61. The monoisotopic (exact) mass is 1930 g/mol. The molecule has 0 amide bonds. The number of hydrazone groups is 4. The normalized spacial score (nSPS) is 27.5. The first-order chi connectivity index (χ1) is 63.6. The highest BCUT2D eigenvalue weighted by Crippen LogP contribution is 2.44. The van der Waals surface area contributed by atoms with Gasteiger partial charge in [0.25, 0.3) is 0 Å². The van der Waals surface area contributed by atoms with Crippen LogP contribution in [0.15, 0.2) is 68.0 Å². The van der Waals surface area contributed by atoms with Crippen LogP contribution >= 0.6 is 0 Å². The van der Waals surface area contributed by atoms with E-state index in [1.54, 1.807) is 21.1 Å². The first kappa shape index (κ1) is 111. The molecule has 0 spiro atoms. The topological polar surface area (TPSA) is 322 Å². The van der Waals surface area contributed by atoms with Gasteiger partial charge < -0.3 is 84.2 Å². The molecule has 0 aromatic rings. The summed E-state index contributed by atoms with van der Waals surface area (Å²) >= 11 is 0. The van der Waals surface area contributed by atoms with Gasteiger partial charge in [0.15, 0.2) is 23.3 Å². The van der Waals surface area contributed by atoms with Gasteiger partial charge in [-0.05, 0) is 374 Å². The maximum atomic E-state index is 7.38. The van der Waals surface area contributed by atoms with Crippen LogP contribution in [-0.4, -0.2) is 231 Å². The second kappa shape index (κ2) is 42.6. The van der Waals surface area contributed by atoms with E-state index in [4.69, 9.17) is 39.8 Å². The molecule has 32 nitrogen and oxygen atoms in total. The fourth-order valence-corrected chi connectivity index (χ4v) is 28.5. The quantitative estimate of drug-likeness (QED) is 0.0275. The number of hydrazine groups is 4. The van der Waals surface area contributed by atoms with Crippen molar-refractivity contribution < 1.29 is 19.4 Å². The molecule has 8 saturated heterocycles. The Morgan fingerprint density at radius 3 is 0.645 bits per heavy atom. The van der Waals surface area contributed by atoms with Crippen LogP contribution in [0, 0.1) is 23.7 Å². The summed E-state index contributed by atoms with van der Waals surface area (Å²) in [5.41, 5.74) is 13.1. The molecule has 0 radical (unpaired) electrons. The first-order valence-corrected chi connectivity index (χ1v) is 54.1. The molecule has 12 aliphatic rings. The number of hydrogen-bond donors (Lipinski definition) is 18. The summed E-state index contributed by atoms with van der Waals surface area (Å²) in [6.45, 7) is 86.6. The standard InChI is InChI=1S/C106H202N28O4/c1-37-41-79(71-55-91(5,6)121-92(7,8)56-71)109-85-51-83(113-131(115-85)135-75-63-99(21,22)125-100(23,24)64-75)107-45-47-129(89-53-87(111-81(43-39-3)73-59-95(13,14)123-96(15,16)60-73)117-133(119-89)137-77-67-103(29,30)127-104(31,32)68-77)49-50-130(90-54-88(112-82(44-40-4)74-61-97(17,18)124-98(19,20)62-74)118-134(120-90)138-78-69-105(33,34)128-106(35,36)70-78)48-46-108-84-52-86(110-80(42-38-2)72-57-93(9,10)122-94(11,12)58-72)116-132(114-84)136-76-65-101(25,26)126-102(27,28)66-76/h51-54,71-82,107-108,113-114,119-128H,37-50,55-70H2,1-36H3,(H,109,115)(H,110,116)(H,111,117)(H,112,118). The zero-order valence-corrected chi connectivity index (χ0v) is 93.6. The molecule has 4 atom stereocenters. The van der Waals surface area contributed by atoms with Gasteiger partial charge in [-0.2, -0.15) is 0 Å². The molecule has 12 heterocycles. The Labute approximate surface area is 836 Å². The number of nitrogens with one attached hydrogen (secondary N) is 18. The Kier molecular flexibility index (Phi) is 34.2. The molecule has 12 aliphatic heterocycles. The third-order valence-electron chi connectivity index (χ3n) is 30.0. The fraction of sp³-hybridized carbons (Fsp3) is 0.887. The van der Waals surface area contributed by atoms with Crippen molar-refractivity contribution in [1.82, 2.24) is 127 Å². The Morgan fingerprint density at radius 1 is 0.268 bits per heavy atom. The van der Waals surface area contributed by atoms with Crippen molar-refractivity contribution in [3.8, 4) is 0 Å². The van der Waals surface area contributed by atoms with Gasteiger partial charge in [0, 0.05) is 176 Å². The third-order valence-corrected chi connectivity index (χ3v) is 30.0. The molecule has 0 aliphatic carbocycles. The minimum absolute atomic E-state index is 0.0462. The number of amidine groups is 4. The van der Waals surface area contributed by atoms with Gasteiger partial charge in [0.2, 0.25) is 0 Å². The SMILES string of the molecule is CCCC(NC1=NN(OC2CC(C)(C)NC(C)(C)C2)NC(NCCN(CCN(CCNC2=CC(NC(CCC)C3CC(C)(C)NC(C)(C)C3)=NN(OC3CC(C)(C)NC(C)(C)C3)N2)C2=CC(NC(CCC)C3CC(C)(C)NC(C)(C)C3)=NN(OC3CC(C)(C)NC(C)(C)C3)N2)C2=CC(NC(CCC)C3CC(C)(C)NC(C)(C)C3)=NN(OC3CC(C)(C)NC(C)(C)C3)N2)=C1)C1CC(C)(C)NC(C)(C)C1. The Bertz CT molecular complexity index is 3900. The molecule has 18 N–H and O–H groups in total. The minimum Gasteiger partial charge on any atom is -0.369 e. The van der Waals surface area contributed by atoms with Gasteiger partial charge in [-0.15, -0.1) is 20.4 Å². The zero-order chi connectivity index (χ0) is 101. The molecule has 12 rings (SSSR count). The van der Waals surface area contributed by atoms with E-state index in [1.165, 1.54) is 0 Å². The predicted molar refractivity (Wildman–Crippen MR) is 566 cm³/mol.